The van der Waals surface area contributed by atoms with Gasteiger partial charge >= 0.3 is 0 Å². The number of para-hydroxylation sites is 1. The minimum Gasteiger partial charge on any atom is -0.325 e. The first-order valence-corrected chi connectivity index (χ1v) is 8.56. The zero-order valence-electron chi connectivity index (χ0n) is 14.1. The molecule has 0 aliphatic heterocycles. The van der Waals surface area contributed by atoms with Gasteiger partial charge in [0.2, 0.25) is 5.91 Å². The fourth-order valence-electron chi connectivity index (χ4n) is 3.56. The highest BCUT2D eigenvalue weighted by Gasteiger charge is 2.26. The van der Waals surface area contributed by atoms with Crippen molar-refractivity contribution in [1.29, 1.82) is 0 Å². The first-order valence-electron chi connectivity index (χ1n) is 8.56. The molecule has 5 heteroatoms. The van der Waals surface area contributed by atoms with Gasteiger partial charge in [0.05, 0.1) is 11.6 Å². The molecule has 126 valence electrons. The third kappa shape index (κ3) is 2.93. The number of anilines is 1. The van der Waals surface area contributed by atoms with Gasteiger partial charge in [0, 0.05) is 12.6 Å². The molecule has 1 aliphatic carbocycles. The molecule has 0 unspecified atom stereocenters. The van der Waals surface area contributed by atoms with E-state index in [-0.39, 0.29) is 11.8 Å². The molecule has 0 bridgehead atoms. The third-order valence-electron chi connectivity index (χ3n) is 4.82. The van der Waals surface area contributed by atoms with Gasteiger partial charge in [0.1, 0.15) is 6.33 Å². The Balaban J connectivity index is 1.64. The van der Waals surface area contributed by atoms with E-state index in [2.05, 4.69) is 27.6 Å². The number of nitrogens with zero attached hydrogens (tertiary/aromatic N) is 3. The number of carbonyl (C=O) groups is 1. The van der Waals surface area contributed by atoms with Crippen LogP contribution < -0.4 is 5.32 Å². The van der Waals surface area contributed by atoms with Crippen LogP contribution in [0.15, 0.2) is 54.9 Å². The largest absolute Gasteiger partial charge is 0.325 e. The molecule has 0 saturated heterocycles. The fraction of sp³-hybridized carbons (Fsp3) is 0.250. The fourth-order valence-corrected chi connectivity index (χ4v) is 3.56. The number of carbonyl (C=O) groups excluding carboxylic acids is 1. The van der Waals surface area contributed by atoms with Crippen molar-refractivity contribution in [3.63, 3.8) is 0 Å². The Bertz CT molecular complexity index is 915. The second kappa shape index (κ2) is 6.51. The van der Waals surface area contributed by atoms with Crippen molar-refractivity contribution >= 4 is 11.6 Å². The van der Waals surface area contributed by atoms with Crippen LogP contribution in [0.1, 0.15) is 29.9 Å². The van der Waals surface area contributed by atoms with Gasteiger partial charge in [-0.3, -0.25) is 4.79 Å². The van der Waals surface area contributed by atoms with Crippen LogP contribution in [-0.4, -0.2) is 20.7 Å². The highest BCUT2D eigenvalue weighted by Crippen LogP contribution is 2.33. The zero-order chi connectivity index (χ0) is 17.2. The van der Waals surface area contributed by atoms with E-state index in [1.54, 1.807) is 6.33 Å². The van der Waals surface area contributed by atoms with Crippen molar-refractivity contribution in [1.82, 2.24) is 14.8 Å². The number of hydrogen-bond donors (Lipinski definition) is 1. The average molecular weight is 332 g/mol. The van der Waals surface area contributed by atoms with E-state index in [4.69, 9.17) is 0 Å². The summed E-state index contributed by atoms with van der Waals surface area (Å²) < 4.78 is 1.85. The van der Waals surface area contributed by atoms with Crippen LogP contribution in [0.4, 0.5) is 5.69 Å². The van der Waals surface area contributed by atoms with Crippen molar-refractivity contribution in [2.24, 2.45) is 7.05 Å². The number of rotatable bonds is 3. The number of aryl methyl sites for hydroxylation is 2. The summed E-state index contributed by atoms with van der Waals surface area (Å²) >= 11 is 0. The molecule has 3 aromatic rings. The van der Waals surface area contributed by atoms with E-state index >= 15 is 0 Å². The highest BCUT2D eigenvalue weighted by molar-refractivity contribution is 5.99. The van der Waals surface area contributed by atoms with Crippen molar-refractivity contribution < 1.29 is 4.79 Å². The molecule has 0 spiro atoms. The summed E-state index contributed by atoms with van der Waals surface area (Å²) in [5.41, 5.74) is 4.09. The average Bonchev–Trinajstić information content (AvgIpc) is 3.07. The maximum Gasteiger partial charge on any atom is 0.231 e. The molecule has 0 saturated carbocycles. The lowest BCUT2D eigenvalue weighted by Crippen LogP contribution is -2.25. The maximum absolute atomic E-state index is 13.0. The minimum absolute atomic E-state index is 0.0433. The minimum atomic E-state index is -0.0995. The van der Waals surface area contributed by atoms with E-state index in [0.717, 1.165) is 41.9 Å². The summed E-state index contributed by atoms with van der Waals surface area (Å²) in [6.07, 6.45) is 4.63. The molecular formula is C20H20N4O. The Morgan fingerprint density at radius 2 is 1.96 bits per heavy atom. The van der Waals surface area contributed by atoms with Gasteiger partial charge < -0.3 is 9.88 Å². The second-order valence-electron chi connectivity index (χ2n) is 6.44. The summed E-state index contributed by atoms with van der Waals surface area (Å²) in [5.74, 6) is 0.680. The Kier molecular flexibility index (Phi) is 4.06. The Labute approximate surface area is 146 Å². The predicted molar refractivity (Wildman–Crippen MR) is 97.2 cm³/mol. The molecule has 1 amide bonds. The topological polar surface area (TPSA) is 59.8 Å². The van der Waals surface area contributed by atoms with Gasteiger partial charge in [0.25, 0.3) is 0 Å². The number of fused-ring (bicyclic) bond motifs is 1. The number of benzene rings is 2. The lowest BCUT2D eigenvalue weighted by Gasteiger charge is -2.25. The molecule has 1 aliphatic rings. The first kappa shape index (κ1) is 15.6. The van der Waals surface area contributed by atoms with Gasteiger partial charge in [-0.25, -0.2) is 0 Å². The third-order valence-corrected chi connectivity index (χ3v) is 4.82. The van der Waals surface area contributed by atoms with E-state index in [9.17, 15) is 4.79 Å². The van der Waals surface area contributed by atoms with Crippen LogP contribution in [0.5, 0.6) is 0 Å². The van der Waals surface area contributed by atoms with Crippen molar-refractivity contribution in [2.45, 2.75) is 25.2 Å². The molecule has 5 nitrogen and oxygen atoms in total. The smallest absolute Gasteiger partial charge is 0.231 e. The van der Waals surface area contributed by atoms with Gasteiger partial charge in [-0.05, 0) is 42.5 Å². The molecule has 25 heavy (non-hydrogen) atoms. The van der Waals surface area contributed by atoms with E-state index in [1.165, 1.54) is 5.56 Å². The SMILES string of the molecule is Cn1cnnc1-c1ccccc1NC(=O)[C@H]1CCCc2ccccc21. The number of hydrogen-bond acceptors (Lipinski definition) is 3. The molecule has 2 aromatic carbocycles. The van der Waals surface area contributed by atoms with Gasteiger partial charge in [0.15, 0.2) is 5.82 Å². The monoisotopic (exact) mass is 332 g/mol. The molecule has 1 aromatic heterocycles. The predicted octanol–water partition coefficient (Wildman–Crippen LogP) is 3.54. The summed E-state index contributed by atoms with van der Waals surface area (Å²) in [6, 6.07) is 16.0. The van der Waals surface area contributed by atoms with Crippen molar-refractivity contribution in [3.8, 4) is 11.4 Å². The van der Waals surface area contributed by atoms with Crippen LogP contribution in [-0.2, 0) is 18.3 Å². The van der Waals surface area contributed by atoms with E-state index < -0.39 is 0 Å². The summed E-state index contributed by atoms with van der Waals surface area (Å²) in [7, 11) is 1.89. The molecule has 0 radical (unpaired) electrons. The summed E-state index contributed by atoms with van der Waals surface area (Å²) in [4.78, 5) is 13.0. The molecule has 1 N–H and O–H groups in total. The summed E-state index contributed by atoms with van der Waals surface area (Å²) in [5, 5.41) is 11.2. The zero-order valence-corrected chi connectivity index (χ0v) is 14.1. The molecule has 1 atom stereocenters. The standard InChI is InChI=1S/C20H20N4O/c1-24-13-21-23-19(24)17-10-4-5-12-18(17)22-20(25)16-11-6-8-14-7-2-3-9-15(14)16/h2-5,7,9-10,12-13,16H,6,8,11H2,1H3,(H,22,25)/t16-/m0/s1. The van der Waals surface area contributed by atoms with Gasteiger partial charge in [-0.15, -0.1) is 10.2 Å². The number of aromatic nitrogens is 3. The molecular weight excluding hydrogens is 312 g/mol. The van der Waals surface area contributed by atoms with E-state index in [0.29, 0.717) is 0 Å². The van der Waals surface area contributed by atoms with Crippen LogP contribution >= 0.6 is 0 Å². The van der Waals surface area contributed by atoms with Crippen LogP contribution in [0.2, 0.25) is 0 Å². The molecule has 4 rings (SSSR count). The Morgan fingerprint density at radius 3 is 2.80 bits per heavy atom. The first-order chi connectivity index (χ1) is 12.2. The van der Waals surface area contributed by atoms with Crippen molar-refractivity contribution in [3.05, 3.63) is 66.0 Å². The van der Waals surface area contributed by atoms with E-state index in [1.807, 2.05) is 48.0 Å². The Hall–Kier alpha value is -2.95. The molecule has 0 fully saturated rings. The van der Waals surface area contributed by atoms with Gasteiger partial charge in [-0.2, -0.15) is 0 Å². The van der Waals surface area contributed by atoms with Gasteiger partial charge in [-0.1, -0.05) is 36.4 Å². The Morgan fingerprint density at radius 1 is 1.16 bits per heavy atom. The normalized spacial score (nSPS) is 16.3. The lowest BCUT2D eigenvalue weighted by atomic mass is 9.82. The number of nitrogens with one attached hydrogen (secondary N) is 1. The van der Waals surface area contributed by atoms with Crippen molar-refractivity contribution in [2.75, 3.05) is 5.32 Å². The van der Waals surface area contributed by atoms with Crippen LogP contribution in [0.3, 0.4) is 0 Å². The second-order valence-corrected chi connectivity index (χ2v) is 6.44. The lowest BCUT2D eigenvalue weighted by molar-refractivity contribution is -0.117. The maximum atomic E-state index is 13.0. The van der Waals surface area contributed by atoms with Crippen LogP contribution in [0.25, 0.3) is 11.4 Å². The molecule has 1 heterocycles. The van der Waals surface area contributed by atoms with Crippen LogP contribution in [0, 0.1) is 0 Å². The highest BCUT2D eigenvalue weighted by atomic mass is 16.1. The quantitative estimate of drug-likeness (QED) is 0.798. The number of amides is 1. The summed E-state index contributed by atoms with van der Waals surface area (Å²) in [6.45, 7) is 0.